The van der Waals surface area contributed by atoms with Gasteiger partial charge in [0.05, 0.1) is 29.9 Å². The molecule has 0 spiro atoms. The van der Waals surface area contributed by atoms with E-state index in [1.807, 2.05) is 63.2 Å². The third kappa shape index (κ3) is 7.31. The van der Waals surface area contributed by atoms with Gasteiger partial charge < -0.3 is 20.3 Å². The minimum Gasteiger partial charge on any atom is -0.444 e. The highest BCUT2D eigenvalue weighted by atomic mass is 16.6. The smallest absolute Gasteiger partial charge is 0.407 e. The molecule has 2 heterocycles. The van der Waals surface area contributed by atoms with E-state index in [0.29, 0.717) is 43.7 Å². The molecule has 0 fully saturated rings. The van der Waals surface area contributed by atoms with Gasteiger partial charge >= 0.3 is 6.09 Å². The Balaban J connectivity index is 1.21. The summed E-state index contributed by atoms with van der Waals surface area (Å²) in [7, 11) is 0. The van der Waals surface area contributed by atoms with Crippen LogP contribution in [-0.2, 0) is 24.1 Å². The van der Waals surface area contributed by atoms with Crippen LogP contribution in [0.4, 0.5) is 16.2 Å². The van der Waals surface area contributed by atoms with E-state index in [0.717, 1.165) is 22.4 Å². The number of benzene rings is 3. The van der Waals surface area contributed by atoms with Crippen LogP contribution in [0.25, 0.3) is 0 Å². The summed E-state index contributed by atoms with van der Waals surface area (Å²) in [5, 5.41) is 19.0. The van der Waals surface area contributed by atoms with Crippen LogP contribution in [0.5, 0.6) is 0 Å². The molecule has 10 heteroatoms. The number of carbonyl (C=O) groups is 3. The highest BCUT2D eigenvalue weighted by molar-refractivity contribution is 6.15. The first kappa shape index (κ1) is 30.0. The summed E-state index contributed by atoms with van der Waals surface area (Å²) in [5.41, 5.74) is 4.85. The Morgan fingerprint density at radius 3 is 2.48 bits per heavy atom. The fourth-order valence-corrected chi connectivity index (χ4v) is 5.03. The molecular weight excluding hydrogens is 556 g/mol. The van der Waals surface area contributed by atoms with Gasteiger partial charge in [-0.3, -0.25) is 14.3 Å². The van der Waals surface area contributed by atoms with Gasteiger partial charge in [-0.15, -0.1) is 0 Å². The summed E-state index contributed by atoms with van der Waals surface area (Å²) in [6, 6.07) is 24.7. The van der Waals surface area contributed by atoms with E-state index < -0.39 is 17.6 Å². The molecule has 3 amide bonds. The standard InChI is InChI=1S/C34H34N6O4/c1-34(2,3)44-33(43)36-15-14-23-6-4-7-25(18-23)19-24-10-12-28(13-11-24)39-16-17-40-30(32(39)42)29(22-37-40)31(41)38-27-9-5-8-26(20-27)21-35/h4-13,18,20,22H,14-17,19H2,1-3H3,(H,36,43)(H,38,41). The second kappa shape index (κ2) is 12.8. The normalized spacial score (nSPS) is 12.7. The minimum atomic E-state index is -0.532. The number of hydrogen-bond donors (Lipinski definition) is 2. The minimum absolute atomic E-state index is 0.180. The summed E-state index contributed by atoms with van der Waals surface area (Å²) in [5.74, 6) is -0.764. The second-order valence-corrected chi connectivity index (χ2v) is 11.6. The lowest BCUT2D eigenvalue weighted by Gasteiger charge is -2.28. The molecule has 0 unspecified atom stereocenters. The third-order valence-electron chi connectivity index (χ3n) is 7.05. The summed E-state index contributed by atoms with van der Waals surface area (Å²) in [6.07, 6.45) is 2.38. The Hall–Kier alpha value is -5.43. The van der Waals surface area contributed by atoms with Gasteiger partial charge in [0.2, 0.25) is 0 Å². The Kier molecular flexibility index (Phi) is 8.76. The van der Waals surface area contributed by atoms with Crippen LogP contribution < -0.4 is 15.5 Å². The number of aromatic nitrogens is 2. The highest BCUT2D eigenvalue weighted by Gasteiger charge is 2.32. The zero-order valence-corrected chi connectivity index (χ0v) is 25.0. The first-order chi connectivity index (χ1) is 21.1. The lowest BCUT2D eigenvalue weighted by atomic mass is 10.0. The maximum absolute atomic E-state index is 13.6. The Labute approximate surface area is 256 Å². The van der Waals surface area contributed by atoms with Crippen molar-refractivity contribution in [1.82, 2.24) is 15.1 Å². The fraction of sp³-hybridized carbons (Fsp3) is 0.265. The number of hydrogen-bond acceptors (Lipinski definition) is 6. The SMILES string of the molecule is CC(C)(C)OC(=O)NCCc1cccc(Cc2ccc(N3CCn4ncc(C(=O)Nc5cccc(C#N)c5)c4C3=O)cc2)c1. The molecule has 1 aliphatic rings. The number of anilines is 2. The molecule has 0 radical (unpaired) electrons. The van der Waals surface area contributed by atoms with Crippen LogP contribution in [0.15, 0.2) is 79.0 Å². The number of fused-ring (bicyclic) bond motifs is 1. The molecule has 5 rings (SSSR count). The van der Waals surface area contributed by atoms with Gasteiger partial charge in [-0.1, -0.05) is 42.5 Å². The molecule has 1 aromatic heterocycles. The summed E-state index contributed by atoms with van der Waals surface area (Å²) >= 11 is 0. The average molecular weight is 591 g/mol. The van der Waals surface area contributed by atoms with Crippen LogP contribution in [-0.4, -0.2) is 46.4 Å². The number of nitrogens with one attached hydrogen (secondary N) is 2. The lowest BCUT2D eigenvalue weighted by molar-refractivity contribution is 0.0528. The van der Waals surface area contributed by atoms with E-state index in [1.54, 1.807) is 33.8 Å². The van der Waals surface area contributed by atoms with Gasteiger partial charge in [-0.2, -0.15) is 10.4 Å². The molecule has 0 saturated heterocycles. The summed E-state index contributed by atoms with van der Waals surface area (Å²) < 4.78 is 6.85. The van der Waals surface area contributed by atoms with Crippen LogP contribution in [0.1, 0.15) is 63.9 Å². The third-order valence-corrected chi connectivity index (χ3v) is 7.05. The number of rotatable bonds is 8. The van der Waals surface area contributed by atoms with Crippen molar-refractivity contribution in [2.24, 2.45) is 0 Å². The van der Waals surface area contributed by atoms with Crippen molar-refractivity contribution in [2.45, 2.75) is 45.8 Å². The van der Waals surface area contributed by atoms with E-state index in [-0.39, 0.29) is 17.2 Å². The molecule has 2 N–H and O–H groups in total. The van der Waals surface area contributed by atoms with Crippen molar-refractivity contribution in [2.75, 3.05) is 23.3 Å². The highest BCUT2D eigenvalue weighted by Crippen LogP contribution is 2.25. The monoisotopic (exact) mass is 590 g/mol. The molecule has 3 aromatic carbocycles. The molecule has 0 atom stereocenters. The molecule has 0 bridgehead atoms. The van der Waals surface area contributed by atoms with Crippen molar-refractivity contribution in [1.29, 1.82) is 5.26 Å². The largest absolute Gasteiger partial charge is 0.444 e. The predicted molar refractivity (Wildman–Crippen MR) is 167 cm³/mol. The Bertz CT molecular complexity index is 1730. The second-order valence-electron chi connectivity index (χ2n) is 11.6. The van der Waals surface area contributed by atoms with Crippen LogP contribution in [0.2, 0.25) is 0 Å². The van der Waals surface area contributed by atoms with Gasteiger partial charge in [0.25, 0.3) is 11.8 Å². The fourth-order valence-electron chi connectivity index (χ4n) is 5.03. The van der Waals surface area contributed by atoms with Crippen molar-refractivity contribution in [3.05, 3.63) is 113 Å². The lowest BCUT2D eigenvalue weighted by Crippen LogP contribution is -2.41. The van der Waals surface area contributed by atoms with E-state index >= 15 is 0 Å². The number of carbonyl (C=O) groups excluding carboxylic acids is 3. The maximum Gasteiger partial charge on any atom is 0.407 e. The molecule has 224 valence electrons. The molecule has 1 aliphatic heterocycles. The van der Waals surface area contributed by atoms with E-state index in [9.17, 15) is 14.4 Å². The van der Waals surface area contributed by atoms with E-state index in [1.165, 1.54) is 6.20 Å². The number of nitrogens with zero attached hydrogens (tertiary/aromatic N) is 4. The molecule has 0 saturated carbocycles. The van der Waals surface area contributed by atoms with Gasteiger partial charge in [0.15, 0.2) is 0 Å². The van der Waals surface area contributed by atoms with Gasteiger partial charge in [0.1, 0.15) is 11.3 Å². The Morgan fingerprint density at radius 2 is 1.73 bits per heavy atom. The number of ether oxygens (including phenoxy) is 1. The van der Waals surface area contributed by atoms with Gasteiger partial charge in [0, 0.05) is 24.5 Å². The zero-order valence-electron chi connectivity index (χ0n) is 25.0. The van der Waals surface area contributed by atoms with E-state index in [2.05, 4.69) is 27.9 Å². The van der Waals surface area contributed by atoms with Crippen LogP contribution >= 0.6 is 0 Å². The number of amides is 3. The van der Waals surface area contributed by atoms with Gasteiger partial charge in [-0.05, 0) is 80.6 Å². The van der Waals surface area contributed by atoms with E-state index in [4.69, 9.17) is 10.00 Å². The van der Waals surface area contributed by atoms with Crippen molar-refractivity contribution < 1.29 is 19.1 Å². The van der Waals surface area contributed by atoms with Crippen LogP contribution in [0.3, 0.4) is 0 Å². The predicted octanol–water partition coefficient (Wildman–Crippen LogP) is 5.33. The molecule has 44 heavy (non-hydrogen) atoms. The summed E-state index contributed by atoms with van der Waals surface area (Å²) in [4.78, 5) is 40.2. The molecule has 10 nitrogen and oxygen atoms in total. The zero-order chi connectivity index (χ0) is 31.3. The average Bonchev–Trinajstić information content (AvgIpc) is 3.43. The quantitative estimate of drug-likeness (QED) is 0.286. The van der Waals surface area contributed by atoms with Gasteiger partial charge in [-0.25, -0.2) is 4.79 Å². The first-order valence-electron chi connectivity index (χ1n) is 14.4. The Morgan fingerprint density at radius 1 is 0.977 bits per heavy atom. The van der Waals surface area contributed by atoms with Crippen molar-refractivity contribution in [3.63, 3.8) is 0 Å². The first-order valence-corrected chi connectivity index (χ1v) is 14.4. The topological polar surface area (TPSA) is 129 Å². The maximum atomic E-state index is 13.6. The number of nitriles is 1. The van der Waals surface area contributed by atoms with Crippen molar-refractivity contribution >= 4 is 29.3 Å². The molecule has 4 aromatic rings. The summed E-state index contributed by atoms with van der Waals surface area (Å²) in [6.45, 7) is 6.86. The van der Waals surface area contributed by atoms with Crippen LogP contribution in [0, 0.1) is 11.3 Å². The molecular formula is C34H34N6O4. The van der Waals surface area contributed by atoms with Crippen molar-refractivity contribution in [3.8, 4) is 6.07 Å². The molecule has 0 aliphatic carbocycles. The number of alkyl carbamates (subject to hydrolysis) is 1.